The standard InChI is InChI=1S/C10H16N2O2/c1-2-14-10(13)12-11-8-9-6-4-3-5-7-9/h3-4,8-9H,2,5-7H2,1H3,(H,12,13). The van der Waals surface area contributed by atoms with Gasteiger partial charge < -0.3 is 4.74 Å². The Bertz CT molecular complexity index is 236. The number of nitrogens with zero attached hydrogens (tertiary/aromatic N) is 1. The van der Waals surface area contributed by atoms with Gasteiger partial charge in [-0.2, -0.15) is 5.10 Å². The average molecular weight is 196 g/mol. The van der Waals surface area contributed by atoms with E-state index in [1.165, 1.54) is 0 Å². The monoisotopic (exact) mass is 196 g/mol. The largest absolute Gasteiger partial charge is 0.449 e. The van der Waals surface area contributed by atoms with Gasteiger partial charge in [0.1, 0.15) is 0 Å². The van der Waals surface area contributed by atoms with Gasteiger partial charge in [0.15, 0.2) is 0 Å². The lowest BCUT2D eigenvalue weighted by Crippen LogP contribution is -2.19. The van der Waals surface area contributed by atoms with E-state index in [0.29, 0.717) is 12.5 Å². The summed E-state index contributed by atoms with van der Waals surface area (Å²) < 4.78 is 4.65. The molecule has 0 aromatic heterocycles. The lowest BCUT2D eigenvalue weighted by Gasteiger charge is -2.11. The van der Waals surface area contributed by atoms with Crippen molar-refractivity contribution >= 4 is 12.3 Å². The van der Waals surface area contributed by atoms with Crippen molar-refractivity contribution in [2.45, 2.75) is 26.2 Å². The summed E-state index contributed by atoms with van der Waals surface area (Å²) in [6.07, 6.45) is 8.80. The molecule has 0 aromatic rings. The third-order valence-corrected chi connectivity index (χ3v) is 2.03. The van der Waals surface area contributed by atoms with Crippen LogP contribution in [0.5, 0.6) is 0 Å². The molecule has 1 unspecified atom stereocenters. The molecule has 0 aliphatic heterocycles. The highest BCUT2D eigenvalue weighted by molar-refractivity contribution is 5.69. The molecule has 1 aliphatic rings. The molecule has 0 bridgehead atoms. The molecule has 78 valence electrons. The van der Waals surface area contributed by atoms with Crippen molar-refractivity contribution in [1.29, 1.82) is 0 Å². The Hall–Kier alpha value is -1.32. The number of carbonyl (C=O) groups excluding carboxylic acids is 1. The SMILES string of the molecule is CCOC(=O)NN=CC1CC=CCC1. The molecule has 0 saturated heterocycles. The third-order valence-electron chi connectivity index (χ3n) is 2.03. The van der Waals surface area contributed by atoms with E-state index in [2.05, 4.69) is 27.4 Å². The Morgan fingerprint density at radius 3 is 3.21 bits per heavy atom. The molecule has 1 amide bonds. The van der Waals surface area contributed by atoms with Crippen molar-refractivity contribution in [3.8, 4) is 0 Å². The van der Waals surface area contributed by atoms with E-state index in [1.807, 2.05) is 0 Å². The van der Waals surface area contributed by atoms with Crippen LogP contribution in [0.15, 0.2) is 17.3 Å². The average Bonchev–Trinajstić information content (AvgIpc) is 2.20. The molecule has 14 heavy (non-hydrogen) atoms. The number of hydrogen-bond donors (Lipinski definition) is 1. The number of amides is 1. The summed E-state index contributed by atoms with van der Waals surface area (Å²) in [6, 6.07) is 0. The summed E-state index contributed by atoms with van der Waals surface area (Å²) in [4.78, 5) is 10.8. The molecule has 0 radical (unpaired) electrons. The first-order valence-corrected chi connectivity index (χ1v) is 4.94. The summed E-state index contributed by atoms with van der Waals surface area (Å²) in [5, 5.41) is 3.83. The Balaban J connectivity index is 2.19. The fourth-order valence-electron chi connectivity index (χ4n) is 1.31. The van der Waals surface area contributed by atoms with E-state index in [9.17, 15) is 4.79 Å². The second-order valence-electron chi connectivity index (χ2n) is 3.15. The fraction of sp³-hybridized carbons (Fsp3) is 0.600. The highest BCUT2D eigenvalue weighted by atomic mass is 16.5. The van der Waals surface area contributed by atoms with E-state index in [4.69, 9.17) is 0 Å². The number of ether oxygens (including phenoxy) is 1. The van der Waals surface area contributed by atoms with E-state index in [-0.39, 0.29) is 0 Å². The van der Waals surface area contributed by atoms with Gasteiger partial charge in [-0.25, -0.2) is 10.2 Å². The summed E-state index contributed by atoms with van der Waals surface area (Å²) in [5.41, 5.74) is 2.32. The highest BCUT2D eigenvalue weighted by Gasteiger charge is 2.06. The van der Waals surface area contributed by atoms with Gasteiger partial charge in [0.2, 0.25) is 0 Å². The van der Waals surface area contributed by atoms with Gasteiger partial charge in [-0.1, -0.05) is 12.2 Å². The first-order chi connectivity index (χ1) is 6.83. The summed E-state index contributed by atoms with van der Waals surface area (Å²) in [6.45, 7) is 2.13. The van der Waals surface area contributed by atoms with Crippen LogP contribution in [0, 0.1) is 5.92 Å². The molecule has 4 heteroatoms. The lowest BCUT2D eigenvalue weighted by molar-refractivity contribution is 0.152. The number of rotatable bonds is 3. The van der Waals surface area contributed by atoms with Crippen molar-refractivity contribution in [2.75, 3.05) is 6.61 Å². The molecule has 0 spiro atoms. The predicted molar refractivity (Wildman–Crippen MR) is 55.1 cm³/mol. The van der Waals surface area contributed by atoms with Gasteiger partial charge in [0, 0.05) is 6.21 Å². The minimum atomic E-state index is -0.491. The normalized spacial score (nSPS) is 21.1. The number of hydrazone groups is 1. The Morgan fingerprint density at radius 2 is 2.57 bits per heavy atom. The van der Waals surface area contributed by atoms with E-state index < -0.39 is 6.09 Å². The molecular formula is C10H16N2O2. The van der Waals surface area contributed by atoms with Crippen LogP contribution in [0.1, 0.15) is 26.2 Å². The van der Waals surface area contributed by atoms with Gasteiger partial charge in [0.05, 0.1) is 6.61 Å². The minimum absolute atomic E-state index is 0.369. The lowest BCUT2D eigenvalue weighted by atomic mass is 9.96. The quantitative estimate of drug-likeness (QED) is 0.427. The van der Waals surface area contributed by atoms with Crippen LogP contribution in [0.4, 0.5) is 4.79 Å². The molecule has 1 aliphatic carbocycles. The van der Waals surface area contributed by atoms with Crippen molar-refractivity contribution < 1.29 is 9.53 Å². The molecule has 1 atom stereocenters. The second kappa shape index (κ2) is 6.18. The molecule has 0 saturated carbocycles. The maximum atomic E-state index is 10.8. The van der Waals surface area contributed by atoms with Crippen LogP contribution in [0.2, 0.25) is 0 Å². The maximum Gasteiger partial charge on any atom is 0.427 e. The van der Waals surface area contributed by atoms with Crippen LogP contribution in [0.25, 0.3) is 0 Å². The summed E-state index contributed by atoms with van der Waals surface area (Å²) in [5.74, 6) is 0.446. The van der Waals surface area contributed by atoms with Gasteiger partial charge in [0.25, 0.3) is 0 Å². The predicted octanol–water partition coefficient (Wildman–Crippen LogP) is 2.07. The van der Waals surface area contributed by atoms with Gasteiger partial charge in [-0.05, 0) is 32.1 Å². The zero-order valence-corrected chi connectivity index (χ0v) is 8.40. The zero-order valence-electron chi connectivity index (χ0n) is 8.40. The third kappa shape index (κ3) is 4.07. The molecule has 0 fully saturated rings. The van der Waals surface area contributed by atoms with Crippen molar-refractivity contribution in [3.63, 3.8) is 0 Å². The highest BCUT2D eigenvalue weighted by Crippen LogP contribution is 2.15. The van der Waals surface area contributed by atoms with Crippen LogP contribution < -0.4 is 5.43 Å². The van der Waals surface area contributed by atoms with Crippen LogP contribution in [-0.4, -0.2) is 18.9 Å². The number of allylic oxidation sites excluding steroid dienone is 2. The van der Waals surface area contributed by atoms with Crippen LogP contribution in [-0.2, 0) is 4.74 Å². The maximum absolute atomic E-state index is 10.8. The summed E-state index contributed by atoms with van der Waals surface area (Å²) in [7, 11) is 0. The number of hydrogen-bond acceptors (Lipinski definition) is 3. The number of carbonyl (C=O) groups is 1. The molecule has 1 N–H and O–H groups in total. The zero-order chi connectivity index (χ0) is 10.2. The second-order valence-corrected chi connectivity index (χ2v) is 3.15. The van der Waals surface area contributed by atoms with Crippen LogP contribution >= 0.6 is 0 Å². The van der Waals surface area contributed by atoms with E-state index in [1.54, 1.807) is 13.1 Å². The Labute approximate surface area is 84.0 Å². The van der Waals surface area contributed by atoms with Gasteiger partial charge >= 0.3 is 6.09 Å². The first kappa shape index (κ1) is 10.8. The van der Waals surface area contributed by atoms with Crippen LogP contribution in [0.3, 0.4) is 0 Å². The number of nitrogens with one attached hydrogen (secondary N) is 1. The van der Waals surface area contributed by atoms with Gasteiger partial charge in [-0.3, -0.25) is 0 Å². The molecule has 1 rings (SSSR count). The fourth-order valence-corrected chi connectivity index (χ4v) is 1.31. The van der Waals surface area contributed by atoms with Crippen molar-refractivity contribution in [1.82, 2.24) is 5.43 Å². The first-order valence-electron chi connectivity index (χ1n) is 4.94. The summed E-state index contributed by atoms with van der Waals surface area (Å²) >= 11 is 0. The smallest absolute Gasteiger partial charge is 0.427 e. The molecule has 0 heterocycles. The topological polar surface area (TPSA) is 50.7 Å². The molecule has 4 nitrogen and oxygen atoms in total. The Kier molecular flexibility index (Phi) is 4.75. The van der Waals surface area contributed by atoms with E-state index >= 15 is 0 Å². The minimum Gasteiger partial charge on any atom is -0.449 e. The Morgan fingerprint density at radius 1 is 1.71 bits per heavy atom. The molecule has 0 aromatic carbocycles. The van der Waals surface area contributed by atoms with Crippen molar-refractivity contribution in [3.05, 3.63) is 12.2 Å². The van der Waals surface area contributed by atoms with Crippen molar-refractivity contribution in [2.24, 2.45) is 11.0 Å². The van der Waals surface area contributed by atoms with E-state index in [0.717, 1.165) is 19.3 Å². The molecular weight excluding hydrogens is 180 g/mol. The van der Waals surface area contributed by atoms with Gasteiger partial charge in [-0.15, -0.1) is 0 Å².